The number of nitrogens with one attached hydrogen (secondary N) is 1. The van der Waals surface area contributed by atoms with E-state index in [1.54, 1.807) is 7.11 Å². The summed E-state index contributed by atoms with van der Waals surface area (Å²) < 4.78 is 10.6. The molecule has 0 aromatic heterocycles. The normalized spacial score (nSPS) is 18.5. The maximum absolute atomic E-state index is 5.43. The van der Waals surface area contributed by atoms with Crippen molar-refractivity contribution in [2.24, 2.45) is 10.9 Å². The maximum atomic E-state index is 5.43. The van der Waals surface area contributed by atoms with Crippen molar-refractivity contribution in [3.8, 4) is 0 Å². The lowest BCUT2D eigenvalue weighted by Crippen LogP contribution is -2.41. The molecule has 0 amide bonds. The van der Waals surface area contributed by atoms with Crippen LogP contribution in [0.3, 0.4) is 0 Å². The first kappa shape index (κ1) is 16.8. The van der Waals surface area contributed by atoms with E-state index >= 15 is 0 Å². The molecule has 1 aliphatic rings. The van der Waals surface area contributed by atoms with Crippen LogP contribution in [0.5, 0.6) is 0 Å². The zero-order valence-corrected chi connectivity index (χ0v) is 13.8. The molecule has 1 saturated heterocycles. The Morgan fingerprint density at radius 3 is 2.68 bits per heavy atom. The van der Waals surface area contributed by atoms with Gasteiger partial charge in [-0.15, -0.1) is 0 Å². The highest BCUT2D eigenvalue weighted by atomic mass is 16.5. The zero-order valence-electron chi connectivity index (χ0n) is 13.8. The first-order chi connectivity index (χ1) is 10.7. The molecule has 1 N–H and O–H groups in total. The predicted octanol–water partition coefficient (Wildman–Crippen LogP) is 1.88. The zero-order chi connectivity index (χ0) is 15.8. The van der Waals surface area contributed by atoms with E-state index in [1.165, 1.54) is 11.1 Å². The van der Waals surface area contributed by atoms with Gasteiger partial charge in [0.2, 0.25) is 0 Å². The van der Waals surface area contributed by atoms with Crippen LogP contribution in [-0.2, 0) is 22.6 Å². The number of hydrogen-bond donors (Lipinski definition) is 1. The van der Waals surface area contributed by atoms with Crippen LogP contribution >= 0.6 is 0 Å². The average Bonchev–Trinajstić information content (AvgIpc) is 3.03. The molecule has 5 nitrogen and oxygen atoms in total. The summed E-state index contributed by atoms with van der Waals surface area (Å²) in [6.45, 7) is 4.15. The number of benzene rings is 1. The summed E-state index contributed by atoms with van der Waals surface area (Å²) in [7, 11) is 5.62. The number of nitrogens with zero attached hydrogens (tertiary/aromatic N) is 2. The van der Waals surface area contributed by atoms with E-state index in [1.807, 2.05) is 7.05 Å². The molecule has 0 aliphatic carbocycles. The van der Waals surface area contributed by atoms with E-state index in [9.17, 15) is 0 Å². The molecule has 5 heteroatoms. The second-order valence-corrected chi connectivity index (χ2v) is 5.76. The van der Waals surface area contributed by atoms with Crippen LogP contribution < -0.4 is 5.32 Å². The molecular formula is C17H27N3O2. The van der Waals surface area contributed by atoms with Crippen LogP contribution in [0.4, 0.5) is 0 Å². The SMILES string of the molecule is CN=C(NCc1ccc(COC)cc1)N(C)CC1CCOC1. The fraction of sp³-hybridized carbons (Fsp3) is 0.588. The van der Waals surface area contributed by atoms with Gasteiger partial charge < -0.3 is 19.7 Å². The molecule has 2 rings (SSSR count). The van der Waals surface area contributed by atoms with Crippen molar-refractivity contribution in [3.63, 3.8) is 0 Å². The third-order valence-corrected chi connectivity index (χ3v) is 3.91. The first-order valence-electron chi connectivity index (χ1n) is 7.79. The summed E-state index contributed by atoms with van der Waals surface area (Å²) >= 11 is 0. The molecule has 0 saturated carbocycles. The van der Waals surface area contributed by atoms with Crippen molar-refractivity contribution in [3.05, 3.63) is 35.4 Å². The van der Waals surface area contributed by atoms with E-state index < -0.39 is 0 Å². The minimum Gasteiger partial charge on any atom is -0.381 e. The Hall–Kier alpha value is -1.59. The Balaban J connectivity index is 1.82. The molecule has 1 heterocycles. The Morgan fingerprint density at radius 2 is 2.09 bits per heavy atom. The average molecular weight is 305 g/mol. The molecule has 1 aromatic carbocycles. The van der Waals surface area contributed by atoms with Gasteiger partial charge in [0, 0.05) is 46.8 Å². The molecule has 1 fully saturated rings. The van der Waals surface area contributed by atoms with Crippen molar-refractivity contribution in [2.45, 2.75) is 19.6 Å². The third-order valence-electron chi connectivity index (χ3n) is 3.91. The summed E-state index contributed by atoms with van der Waals surface area (Å²) in [6.07, 6.45) is 1.14. The standard InChI is InChI=1S/C17H27N3O2/c1-18-17(20(2)11-16-8-9-22-13-16)19-10-14-4-6-15(7-5-14)12-21-3/h4-7,16H,8-13H2,1-3H3,(H,18,19). The predicted molar refractivity (Wildman–Crippen MR) is 88.9 cm³/mol. The van der Waals surface area contributed by atoms with Gasteiger partial charge in [-0.1, -0.05) is 24.3 Å². The second-order valence-electron chi connectivity index (χ2n) is 5.76. The lowest BCUT2D eigenvalue weighted by atomic mass is 10.1. The van der Waals surface area contributed by atoms with E-state index in [0.29, 0.717) is 12.5 Å². The minimum absolute atomic E-state index is 0.608. The summed E-state index contributed by atoms with van der Waals surface area (Å²) in [5.41, 5.74) is 2.42. The van der Waals surface area contributed by atoms with Gasteiger partial charge in [0.05, 0.1) is 13.2 Å². The molecule has 1 atom stereocenters. The van der Waals surface area contributed by atoms with E-state index in [4.69, 9.17) is 9.47 Å². The number of ether oxygens (including phenoxy) is 2. The molecule has 0 radical (unpaired) electrons. The number of aliphatic imine (C=N–C) groups is 1. The minimum atomic E-state index is 0.608. The van der Waals surface area contributed by atoms with Crippen LogP contribution in [0, 0.1) is 5.92 Å². The summed E-state index contributed by atoms with van der Waals surface area (Å²) in [5, 5.41) is 3.41. The fourth-order valence-corrected chi connectivity index (χ4v) is 2.69. The van der Waals surface area contributed by atoms with Crippen molar-refractivity contribution >= 4 is 5.96 Å². The van der Waals surface area contributed by atoms with Crippen LogP contribution in [0.1, 0.15) is 17.5 Å². The Bertz CT molecular complexity index is 467. The molecule has 1 aliphatic heterocycles. The number of hydrogen-bond acceptors (Lipinski definition) is 3. The second kappa shape index (κ2) is 8.76. The van der Waals surface area contributed by atoms with Gasteiger partial charge in [0.15, 0.2) is 5.96 Å². The molecule has 22 heavy (non-hydrogen) atoms. The van der Waals surface area contributed by atoms with Crippen LogP contribution in [0.25, 0.3) is 0 Å². The molecular weight excluding hydrogens is 278 g/mol. The fourth-order valence-electron chi connectivity index (χ4n) is 2.69. The van der Waals surface area contributed by atoms with Crippen molar-refractivity contribution in [2.75, 3.05) is 41.0 Å². The maximum Gasteiger partial charge on any atom is 0.193 e. The lowest BCUT2D eigenvalue weighted by Gasteiger charge is -2.24. The summed E-state index contributed by atoms with van der Waals surface area (Å²) in [4.78, 5) is 6.54. The Kier molecular flexibility index (Phi) is 6.68. The third kappa shape index (κ3) is 5.00. The Morgan fingerprint density at radius 1 is 1.36 bits per heavy atom. The van der Waals surface area contributed by atoms with Gasteiger partial charge in [0.25, 0.3) is 0 Å². The highest BCUT2D eigenvalue weighted by molar-refractivity contribution is 5.79. The highest BCUT2D eigenvalue weighted by Crippen LogP contribution is 2.13. The topological polar surface area (TPSA) is 46.1 Å². The van der Waals surface area contributed by atoms with Crippen molar-refractivity contribution < 1.29 is 9.47 Å². The summed E-state index contributed by atoms with van der Waals surface area (Å²) in [6, 6.07) is 8.45. The molecule has 1 unspecified atom stereocenters. The molecule has 0 bridgehead atoms. The summed E-state index contributed by atoms with van der Waals surface area (Å²) in [5.74, 6) is 1.53. The van der Waals surface area contributed by atoms with Gasteiger partial charge in [-0.25, -0.2) is 0 Å². The smallest absolute Gasteiger partial charge is 0.193 e. The van der Waals surface area contributed by atoms with E-state index in [2.05, 4.69) is 46.5 Å². The highest BCUT2D eigenvalue weighted by Gasteiger charge is 2.18. The van der Waals surface area contributed by atoms with Gasteiger partial charge in [-0.2, -0.15) is 0 Å². The molecule has 122 valence electrons. The molecule has 1 aromatic rings. The van der Waals surface area contributed by atoms with Crippen LogP contribution in [-0.4, -0.2) is 51.8 Å². The van der Waals surface area contributed by atoms with E-state index in [0.717, 1.165) is 38.7 Å². The van der Waals surface area contributed by atoms with Crippen LogP contribution in [0.2, 0.25) is 0 Å². The number of methoxy groups -OCH3 is 1. The largest absolute Gasteiger partial charge is 0.381 e. The Labute approximate surface area is 133 Å². The number of guanidine groups is 1. The quantitative estimate of drug-likeness (QED) is 0.644. The van der Waals surface area contributed by atoms with Gasteiger partial charge in [-0.3, -0.25) is 4.99 Å². The molecule has 0 spiro atoms. The van der Waals surface area contributed by atoms with Crippen molar-refractivity contribution in [1.82, 2.24) is 10.2 Å². The van der Waals surface area contributed by atoms with Crippen molar-refractivity contribution in [1.29, 1.82) is 0 Å². The van der Waals surface area contributed by atoms with Gasteiger partial charge in [-0.05, 0) is 17.5 Å². The van der Waals surface area contributed by atoms with Gasteiger partial charge in [0.1, 0.15) is 0 Å². The van der Waals surface area contributed by atoms with E-state index in [-0.39, 0.29) is 0 Å². The van der Waals surface area contributed by atoms with Gasteiger partial charge >= 0.3 is 0 Å². The number of rotatable bonds is 6. The first-order valence-corrected chi connectivity index (χ1v) is 7.79. The monoisotopic (exact) mass is 305 g/mol. The van der Waals surface area contributed by atoms with Crippen LogP contribution in [0.15, 0.2) is 29.3 Å². The lowest BCUT2D eigenvalue weighted by molar-refractivity contribution is 0.181.